The molecule has 20 heavy (non-hydrogen) atoms. The lowest BCUT2D eigenvalue weighted by atomic mass is 10.2. The van der Waals surface area contributed by atoms with Crippen molar-refractivity contribution in [3.63, 3.8) is 0 Å². The van der Waals surface area contributed by atoms with Crippen LogP contribution in [0.25, 0.3) is 11.4 Å². The maximum Gasteiger partial charge on any atom is 0.252 e. The van der Waals surface area contributed by atoms with Gasteiger partial charge in [-0.1, -0.05) is 0 Å². The Morgan fingerprint density at radius 1 is 1.40 bits per heavy atom. The van der Waals surface area contributed by atoms with Gasteiger partial charge in [-0.05, 0) is 22.0 Å². The maximum absolute atomic E-state index is 4.57. The summed E-state index contributed by atoms with van der Waals surface area (Å²) in [5, 5.41) is 4.15. The Bertz CT molecular complexity index is 809. The van der Waals surface area contributed by atoms with E-state index in [-0.39, 0.29) is 0 Å². The number of nitrogens with one attached hydrogen (secondary N) is 1. The van der Waals surface area contributed by atoms with Crippen molar-refractivity contribution in [2.75, 3.05) is 11.9 Å². The molecule has 6 nitrogen and oxygen atoms in total. The van der Waals surface area contributed by atoms with Crippen molar-refractivity contribution in [3.8, 4) is 11.4 Å². The van der Waals surface area contributed by atoms with E-state index in [9.17, 15) is 0 Å². The Hall–Kier alpha value is -1.80. The zero-order valence-corrected chi connectivity index (χ0v) is 12.6. The van der Waals surface area contributed by atoms with Crippen LogP contribution in [0.2, 0.25) is 0 Å². The number of rotatable bonds is 1. The van der Waals surface area contributed by atoms with E-state index in [0.717, 1.165) is 39.8 Å². The number of pyridine rings is 1. The van der Waals surface area contributed by atoms with Gasteiger partial charge in [0.15, 0.2) is 0 Å². The van der Waals surface area contributed by atoms with Crippen LogP contribution in [0, 0.1) is 0 Å². The fraction of sp³-hybridized carbons (Fsp3) is 0.167. The summed E-state index contributed by atoms with van der Waals surface area (Å²) < 4.78 is 3.17. The summed E-state index contributed by atoms with van der Waals surface area (Å²) in [6.45, 7) is 1.80. The normalized spacial score (nSPS) is 14.6. The van der Waals surface area contributed by atoms with Crippen molar-refractivity contribution in [1.82, 2.24) is 19.5 Å². The largest absolute Gasteiger partial charge is 0.369 e. The van der Waals surface area contributed by atoms with Gasteiger partial charge in [0.2, 0.25) is 0 Å². The number of hydrogen-bond acceptors (Lipinski definition) is 6. The molecule has 4 heterocycles. The van der Waals surface area contributed by atoms with Gasteiger partial charge in [0.05, 0.1) is 16.2 Å². The first-order valence-corrected chi connectivity index (χ1v) is 7.72. The number of aromatic nitrogens is 4. The average molecular weight is 349 g/mol. The highest BCUT2D eigenvalue weighted by Gasteiger charge is 2.19. The Morgan fingerprint density at radius 2 is 2.35 bits per heavy atom. The fourth-order valence-electron chi connectivity index (χ4n) is 2.23. The van der Waals surface area contributed by atoms with E-state index in [1.807, 2.05) is 6.07 Å². The van der Waals surface area contributed by atoms with Crippen LogP contribution in [0.15, 0.2) is 33.4 Å². The lowest BCUT2D eigenvalue weighted by Crippen LogP contribution is -2.17. The highest BCUT2D eigenvalue weighted by molar-refractivity contribution is 9.10. The van der Waals surface area contributed by atoms with Crippen LogP contribution in [-0.2, 0) is 6.54 Å². The molecule has 0 aromatic carbocycles. The summed E-state index contributed by atoms with van der Waals surface area (Å²) in [7, 11) is 0. The minimum absolute atomic E-state index is 0.464. The molecule has 0 unspecified atom stereocenters. The highest BCUT2D eigenvalue weighted by Crippen LogP contribution is 2.33. The molecule has 0 saturated carbocycles. The first kappa shape index (κ1) is 12.0. The second-order valence-electron chi connectivity index (χ2n) is 4.32. The highest BCUT2D eigenvalue weighted by atomic mass is 79.9. The molecule has 0 aliphatic carbocycles. The summed E-state index contributed by atoms with van der Waals surface area (Å²) in [5.74, 6) is 1.95. The van der Waals surface area contributed by atoms with Crippen LogP contribution < -0.4 is 10.9 Å². The van der Waals surface area contributed by atoms with Crippen LogP contribution >= 0.6 is 27.3 Å². The molecule has 1 N–H and O–H groups in total. The van der Waals surface area contributed by atoms with Crippen molar-refractivity contribution in [3.05, 3.63) is 34.1 Å². The Kier molecular flexibility index (Phi) is 2.78. The van der Waals surface area contributed by atoms with Crippen molar-refractivity contribution in [1.29, 1.82) is 0 Å². The quantitative estimate of drug-likeness (QED) is 0.732. The maximum atomic E-state index is 4.57. The van der Waals surface area contributed by atoms with Crippen molar-refractivity contribution >= 4 is 38.1 Å². The Morgan fingerprint density at radius 3 is 3.20 bits per heavy atom. The van der Waals surface area contributed by atoms with Gasteiger partial charge in [0.1, 0.15) is 16.6 Å². The molecule has 0 saturated heterocycles. The van der Waals surface area contributed by atoms with E-state index < -0.39 is 0 Å². The molecular formula is C12H9BrN6S. The number of anilines is 1. The van der Waals surface area contributed by atoms with Gasteiger partial charge in [0, 0.05) is 24.8 Å². The molecule has 100 valence electrons. The zero-order valence-electron chi connectivity index (χ0n) is 10.2. The molecule has 3 aliphatic heterocycles. The van der Waals surface area contributed by atoms with Crippen molar-refractivity contribution in [2.24, 2.45) is 4.99 Å². The van der Waals surface area contributed by atoms with Crippen LogP contribution in [0.4, 0.5) is 10.8 Å². The molecular weight excluding hydrogens is 340 g/mol. The van der Waals surface area contributed by atoms with Crippen molar-refractivity contribution in [2.45, 2.75) is 6.54 Å². The van der Waals surface area contributed by atoms with E-state index in [1.54, 1.807) is 17.9 Å². The third-order valence-electron chi connectivity index (χ3n) is 3.07. The summed E-state index contributed by atoms with van der Waals surface area (Å²) in [5.41, 5.74) is 3.20. The summed E-state index contributed by atoms with van der Waals surface area (Å²) in [6.07, 6.45) is 3.51. The second-order valence-corrected chi connectivity index (χ2v) is 6.04. The molecule has 0 bridgehead atoms. The molecule has 0 amide bonds. The van der Waals surface area contributed by atoms with E-state index in [1.165, 1.54) is 11.3 Å². The van der Waals surface area contributed by atoms with Gasteiger partial charge in [-0.2, -0.15) is 9.98 Å². The predicted molar refractivity (Wildman–Crippen MR) is 80.2 cm³/mol. The topological polar surface area (TPSA) is 68.0 Å². The third-order valence-corrected chi connectivity index (χ3v) is 4.34. The first-order chi connectivity index (χ1) is 9.81. The number of hydrogen-bond donors (Lipinski definition) is 1. The van der Waals surface area contributed by atoms with Crippen LogP contribution in [0.3, 0.4) is 0 Å². The summed E-state index contributed by atoms with van der Waals surface area (Å²) in [4.78, 5) is 17.2. The molecule has 0 fully saturated rings. The van der Waals surface area contributed by atoms with E-state index in [0.29, 0.717) is 5.62 Å². The SMILES string of the molecule is Brc1cc2cn/c(=N/c3cncs3)nc-2n2c1NCC2. The van der Waals surface area contributed by atoms with Gasteiger partial charge in [0.25, 0.3) is 5.62 Å². The standard InChI is InChI=1S/C12H9BrN6S/c13-8-3-7-4-16-12(17-9-5-14-6-20-9)18-10(7)19-2-1-15-11(8)19/h3-6,15H,1-2H2/b17-12-. The molecule has 0 atom stereocenters. The molecule has 1 aromatic rings. The first-order valence-electron chi connectivity index (χ1n) is 6.04. The number of nitrogens with zero attached hydrogens (tertiary/aromatic N) is 5. The third kappa shape index (κ3) is 1.92. The predicted octanol–water partition coefficient (Wildman–Crippen LogP) is 2.26. The average Bonchev–Trinajstić information content (AvgIpc) is 3.10. The van der Waals surface area contributed by atoms with E-state index in [4.69, 9.17) is 0 Å². The lowest BCUT2D eigenvalue weighted by Gasteiger charge is -2.13. The van der Waals surface area contributed by atoms with Gasteiger partial charge in [-0.3, -0.25) is 4.98 Å². The smallest absolute Gasteiger partial charge is 0.252 e. The molecule has 3 aliphatic rings. The van der Waals surface area contributed by atoms with E-state index >= 15 is 0 Å². The molecule has 1 aromatic heterocycles. The van der Waals surface area contributed by atoms with Crippen LogP contribution in [-0.4, -0.2) is 26.1 Å². The zero-order chi connectivity index (χ0) is 13.5. The molecule has 0 spiro atoms. The Labute approximate surface area is 126 Å². The van der Waals surface area contributed by atoms with Gasteiger partial charge in [-0.15, -0.1) is 11.3 Å². The fourth-order valence-corrected chi connectivity index (χ4v) is 3.32. The molecule has 8 heteroatoms. The van der Waals surface area contributed by atoms with E-state index in [2.05, 4.69) is 45.8 Å². The number of fused-ring (bicyclic) bond motifs is 3. The monoisotopic (exact) mass is 348 g/mol. The number of thiazole rings is 1. The number of halogens is 1. The molecule has 0 radical (unpaired) electrons. The van der Waals surface area contributed by atoms with Crippen molar-refractivity contribution < 1.29 is 0 Å². The van der Waals surface area contributed by atoms with Gasteiger partial charge in [-0.25, -0.2) is 4.98 Å². The van der Waals surface area contributed by atoms with Crippen LogP contribution in [0.1, 0.15) is 0 Å². The molecule has 4 rings (SSSR count). The summed E-state index contributed by atoms with van der Waals surface area (Å²) in [6, 6.07) is 2.02. The van der Waals surface area contributed by atoms with Gasteiger partial charge >= 0.3 is 0 Å². The second kappa shape index (κ2) is 4.64. The lowest BCUT2D eigenvalue weighted by molar-refractivity contribution is 0.778. The van der Waals surface area contributed by atoms with Gasteiger partial charge < -0.3 is 9.88 Å². The Balaban J connectivity index is 1.96. The van der Waals surface area contributed by atoms with Crippen LogP contribution in [0.5, 0.6) is 0 Å². The minimum Gasteiger partial charge on any atom is -0.369 e. The summed E-state index contributed by atoms with van der Waals surface area (Å²) >= 11 is 5.03. The minimum atomic E-state index is 0.464.